The van der Waals surface area contributed by atoms with Gasteiger partial charge < -0.3 is 4.74 Å². The number of rotatable bonds is 3. The van der Waals surface area contributed by atoms with Gasteiger partial charge in [0, 0.05) is 19.4 Å². The van der Waals surface area contributed by atoms with E-state index in [1.807, 2.05) is 13.2 Å². The highest BCUT2D eigenvalue weighted by Gasteiger charge is 2.36. The van der Waals surface area contributed by atoms with Crippen LogP contribution in [0, 0.1) is 17.8 Å². The zero-order valence-electron chi connectivity index (χ0n) is 11.6. The number of methoxy groups -OCH3 is 1. The van der Waals surface area contributed by atoms with Crippen molar-refractivity contribution in [3.05, 3.63) is 12.7 Å². The van der Waals surface area contributed by atoms with Gasteiger partial charge >= 0.3 is 0 Å². The molecule has 2 heteroatoms. The van der Waals surface area contributed by atoms with E-state index in [1.165, 1.54) is 25.7 Å². The molecule has 18 heavy (non-hydrogen) atoms. The largest absolute Gasteiger partial charge is 0.381 e. The molecule has 0 aromatic carbocycles. The number of ether oxygens (including phenoxy) is 1. The summed E-state index contributed by atoms with van der Waals surface area (Å²) < 4.78 is 5.73. The second-order valence-electron chi connectivity index (χ2n) is 5.94. The molecule has 0 aliphatic heterocycles. The Bertz CT molecular complexity index is 297. The summed E-state index contributed by atoms with van der Waals surface area (Å²) in [5, 5.41) is 0. The summed E-state index contributed by atoms with van der Waals surface area (Å²) in [5.74, 6) is 1.98. The third-order valence-electron chi connectivity index (χ3n) is 4.93. The van der Waals surface area contributed by atoms with Gasteiger partial charge in [0.05, 0.1) is 6.10 Å². The number of hydrogen-bond donors (Lipinski definition) is 0. The van der Waals surface area contributed by atoms with E-state index in [2.05, 4.69) is 6.58 Å². The molecule has 0 heterocycles. The average Bonchev–Trinajstić information content (AvgIpc) is 2.40. The van der Waals surface area contributed by atoms with Crippen LogP contribution in [-0.2, 0) is 9.53 Å². The Balaban J connectivity index is 2.11. The van der Waals surface area contributed by atoms with Crippen molar-refractivity contribution in [2.45, 2.75) is 57.5 Å². The number of carbonyl (C=O) groups excluding carboxylic acids is 1. The van der Waals surface area contributed by atoms with Gasteiger partial charge in [0.1, 0.15) is 5.78 Å². The minimum absolute atomic E-state index is 0.148. The molecule has 2 nitrogen and oxygen atoms in total. The smallest absolute Gasteiger partial charge is 0.136 e. The molecule has 0 aromatic heterocycles. The lowest BCUT2D eigenvalue weighted by Crippen LogP contribution is -2.37. The highest BCUT2D eigenvalue weighted by atomic mass is 16.5. The molecule has 0 bridgehead atoms. The summed E-state index contributed by atoms with van der Waals surface area (Å²) in [7, 11) is 1.81. The minimum Gasteiger partial charge on any atom is -0.381 e. The number of carbonyl (C=O) groups is 1. The van der Waals surface area contributed by atoms with E-state index >= 15 is 0 Å². The van der Waals surface area contributed by atoms with Gasteiger partial charge in [0.15, 0.2) is 0 Å². The number of allylic oxidation sites excluding steroid dienone is 1. The summed E-state index contributed by atoms with van der Waals surface area (Å²) in [6, 6.07) is 0. The molecule has 2 aliphatic carbocycles. The Morgan fingerprint density at radius 3 is 2.83 bits per heavy atom. The first-order chi connectivity index (χ1) is 8.76. The van der Waals surface area contributed by atoms with E-state index in [9.17, 15) is 4.79 Å². The third kappa shape index (κ3) is 3.03. The molecule has 0 amide bonds. The van der Waals surface area contributed by atoms with Crippen LogP contribution < -0.4 is 0 Å². The van der Waals surface area contributed by atoms with Crippen molar-refractivity contribution in [1.82, 2.24) is 0 Å². The Hall–Kier alpha value is -0.630. The number of fused-ring (bicyclic) bond motifs is 1. The SMILES string of the molecule is C=CCC1C[C@H](OC)[C@H]2CCCC[C@@H]2CCC1=O. The molecule has 2 aliphatic rings. The van der Waals surface area contributed by atoms with Crippen molar-refractivity contribution in [1.29, 1.82) is 0 Å². The number of Topliss-reactive ketones (excluding diaryl/α,β-unsaturated/α-hetero) is 1. The lowest BCUT2D eigenvalue weighted by Gasteiger charge is -2.39. The maximum Gasteiger partial charge on any atom is 0.136 e. The van der Waals surface area contributed by atoms with Gasteiger partial charge in [0.2, 0.25) is 0 Å². The lowest BCUT2D eigenvalue weighted by molar-refractivity contribution is -0.127. The summed E-state index contributed by atoms with van der Waals surface area (Å²) in [6.45, 7) is 3.78. The van der Waals surface area contributed by atoms with Crippen LogP contribution in [0.1, 0.15) is 51.4 Å². The van der Waals surface area contributed by atoms with Crippen LogP contribution in [0.5, 0.6) is 0 Å². The van der Waals surface area contributed by atoms with E-state index in [0.717, 1.165) is 31.6 Å². The topological polar surface area (TPSA) is 26.3 Å². The van der Waals surface area contributed by atoms with Gasteiger partial charge in [-0.25, -0.2) is 0 Å². The molecule has 102 valence electrons. The van der Waals surface area contributed by atoms with Crippen molar-refractivity contribution in [3.63, 3.8) is 0 Å². The first-order valence-corrected chi connectivity index (χ1v) is 7.42. The highest BCUT2D eigenvalue weighted by molar-refractivity contribution is 5.81. The van der Waals surface area contributed by atoms with Crippen LogP contribution in [0.25, 0.3) is 0 Å². The monoisotopic (exact) mass is 250 g/mol. The molecule has 0 N–H and O–H groups in total. The van der Waals surface area contributed by atoms with E-state index in [-0.39, 0.29) is 12.0 Å². The first-order valence-electron chi connectivity index (χ1n) is 7.42. The zero-order chi connectivity index (χ0) is 13.0. The lowest BCUT2D eigenvalue weighted by atomic mass is 9.69. The number of ketones is 1. The summed E-state index contributed by atoms with van der Waals surface area (Å²) in [6.07, 6.45) is 11.0. The predicted octanol–water partition coefficient (Wildman–Crippen LogP) is 3.75. The number of hydrogen-bond acceptors (Lipinski definition) is 2. The fourth-order valence-electron chi connectivity index (χ4n) is 3.90. The van der Waals surface area contributed by atoms with E-state index in [4.69, 9.17) is 4.74 Å². The van der Waals surface area contributed by atoms with Crippen LogP contribution in [0.4, 0.5) is 0 Å². The molecule has 2 fully saturated rings. The molecule has 0 radical (unpaired) electrons. The van der Waals surface area contributed by atoms with Crippen LogP contribution in [0.2, 0.25) is 0 Å². The normalized spacial score (nSPS) is 37.5. The Labute approximate surface area is 111 Å². The van der Waals surface area contributed by atoms with Crippen LogP contribution in [0.15, 0.2) is 12.7 Å². The van der Waals surface area contributed by atoms with Gasteiger partial charge in [-0.1, -0.05) is 25.3 Å². The minimum atomic E-state index is 0.148. The standard InChI is InChI=1S/C16H26O2/c1-3-6-13-11-16(18-2)14-8-5-4-7-12(14)9-10-15(13)17/h3,12-14,16H,1,4-11H2,2H3/t12-,13?,14+,16+/m1/s1. The van der Waals surface area contributed by atoms with Crippen LogP contribution >= 0.6 is 0 Å². The van der Waals surface area contributed by atoms with Crippen molar-refractivity contribution >= 4 is 5.78 Å². The van der Waals surface area contributed by atoms with Crippen molar-refractivity contribution in [2.24, 2.45) is 17.8 Å². The molecule has 0 aromatic rings. The molecule has 0 spiro atoms. The van der Waals surface area contributed by atoms with Crippen molar-refractivity contribution < 1.29 is 9.53 Å². The molecule has 2 saturated carbocycles. The quantitative estimate of drug-likeness (QED) is 0.713. The van der Waals surface area contributed by atoms with Gasteiger partial charge in [-0.2, -0.15) is 0 Å². The van der Waals surface area contributed by atoms with E-state index < -0.39 is 0 Å². The fraction of sp³-hybridized carbons (Fsp3) is 0.812. The van der Waals surface area contributed by atoms with Crippen LogP contribution in [0.3, 0.4) is 0 Å². The van der Waals surface area contributed by atoms with Crippen molar-refractivity contribution in [2.75, 3.05) is 7.11 Å². The molecular weight excluding hydrogens is 224 g/mol. The van der Waals surface area contributed by atoms with Gasteiger partial charge in [0.25, 0.3) is 0 Å². The Morgan fingerprint density at radius 1 is 1.33 bits per heavy atom. The van der Waals surface area contributed by atoms with Gasteiger partial charge in [-0.3, -0.25) is 4.79 Å². The Morgan fingerprint density at radius 2 is 2.11 bits per heavy atom. The zero-order valence-corrected chi connectivity index (χ0v) is 11.6. The van der Waals surface area contributed by atoms with E-state index in [1.54, 1.807) is 0 Å². The van der Waals surface area contributed by atoms with E-state index in [0.29, 0.717) is 11.7 Å². The van der Waals surface area contributed by atoms with Crippen LogP contribution in [-0.4, -0.2) is 19.0 Å². The van der Waals surface area contributed by atoms with Crippen molar-refractivity contribution in [3.8, 4) is 0 Å². The first kappa shape index (κ1) is 13.8. The maximum absolute atomic E-state index is 12.2. The average molecular weight is 250 g/mol. The summed E-state index contributed by atoms with van der Waals surface area (Å²) >= 11 is 0. The second-order valence-corrected chi connectivity index (χ2v) is 5.94. The maximum atomic E-state index is 12.2. The second kappa shape index (κ2) is 6.51. The van der Waals surface area contributed by atoms with Gasteiger partial charge in [-0.05, 0) is 37.5 Å². The summed E-state index contributed by atoms with van der Waals surface area (Å²) in [4.78, 5) is 12.2. The summed E-state index contributed by atoms with van der Waals surface area (Å²) in [5.41, 5.74) is 0. The molecule has 0 saturated heterocycles. The fourth-order valence-corrected chi connectivity index (χ4v) is 3.90. The molecule has 2 rings (SSSR count). The molecule has 4 atom stereocenters. The highest BCUT2D eigenvalue weighted by Crippen LogP contribution is 2.40. The van der Waals surface area contributed by atoms with Gasteiger partial charge in [-0.15, -0.1) is 6.58 Å². The molecule has 1 unspecified atom stereocenters. The Kier molecular flexibility index (Phi) is 4.99. The molecular formula is C16H26O2. The third-order valence-corrected chi connectivity index (χ3v) is 4.93. The predicted molar refractivity (Wildman–Crippen MR) is 73.4 cm³/mol.